The molecule has 0 aromatic heterocycles. The summed E-state index contributed by atoms with van der Waals surface area (Å²) < 4.78 is 0. The summed E-state index contributed by atoms with van der Waals surface area (Å²) in [6.45, 7) is 5.85. The Morgan fingerprint density at radius 2 is 2.32 bits per heavy atom. The molecule has 1 amide bonds. The lowest BCUT2D eigenvalue weighted by Crippen LogP contribution is -2.60. The van der Waals surface area contributed by atoms with Crippen LogP contribution in [0, 0.1) is 5.41 Å². The van der Waals surface area contributed by atoms with Gasteiger partial charge in [0.25, 0.3) is 0 Å². The Balaban J connectivity index is 2.10. The van der Waals surface area contributed by atoms with Gasteiger partial charge in [0.1, 0.15) is 0 Å². The van der Waals surface area contributed by atoms with Crippen LogP contribution in [0.4, 0.5) is 0 Å². The number of carbonyl (C=O) groups is 2. The predicted octanol–water partition coefficient (Wildman–Crippen LogP) is 0.793. The van der Waals surface area contributed by atoms with Gasteiger partial charge in [-0.3, -0.25) is 14.5 Å². The van der Waals surface area contributed by atoms with Gasteiger partial charge in [-0.25, -0.2) is 0 Å². The van der Waals surface area contributed by atoms with E-state index < -0.39 is 12.0 Å². The van der Waals surface area contributed by atoms with Crippen LogP contribution in [0.3, 0.4) is 0 Å². The average Bonchev–Trinajstić information content (AvgIpc) is 2.30. The van der Waals surface area contributed by atoms with Gasteiger partial charge in [0.15, 0.2) is 0 Å². The monoisotopic (exact) mass is 286 g/mol. The van der Waals surface area contributed by atoms with Crippen LogP contribution in [-0.4, -0.2) is 58.6 Å². The Morgan fingerprint density at radius 1 is 1.58 bits per heavy atom. The highest BCUT2D eigenvalue weighted by Crippen LogP contribution is 2.36. The van der Waals surface area contributed by atoms with Crippen molar-refractivity contribution in [2.75, 3.05) is 24.6 Å². The number of carbonyl (C=O) groups excluding carboxylic acids is 1. The zero-order chi connectivity index (χ0) is 14.0. The zero-order valence-electron chi connectivity index (χ0n) is 11.5. The highest BCUT2D eigenvalue weighted by Gasteiger charge is 2.39. The standard InChI is InChI=1S/C13H22N2O3S/c1-13(2)6-9(7-19-8-13)15-4-3-14-12(18)10(15)5-11(16)17/h9-10H,3-8H2,1-2H3,(H,14,18)(H,16,17). The van der Waals surface area contributed by atoms with Gasteiger partial charge in [0.05, 0.1) is 12.5 Å². The number of aliphatic carboxylic acids is 1. The van der Waals surface area contributed by atoms with Crippen molar-refractivity contribution in [2.45, 2.75) is 38.8 Å². The maximum atomic E-state index is 11.9. The summed E-state index contributed by atoms with van der Waals surface area (Å²) in [7, 11) is 0. The molecule has 2 rings (SSSR count). The van der Waals surface area contributed by atoms with Crippen LogP contribution in [0.15, 0.2) is 0 Å². The quantitative estimate of drug-likeness (QED) is 0.803. The predicted molar refractivity (Wildman–Crippen MR) is 75.3 cm³/mol. The molecule has 2 fully saturated rings. The third kappa shape index (κ3) is 3.63. The molecule has 0 radical (unpaired) electrons. The fourth-order valence-corrected chi connectivity index (χ4v) is 4.35. The lowest BCUT2D eigenvalue weighted by Gasteiger charge is -2.45. The Kier molecular flexibility index (Phi) is 4.40. The SMILES string of the molecule is CC1(C)CSCC(N2CCNC(=O)C2CC(=O)O)C1. The number of nitrogens with zero attached hydrogens (tertiary/aromatic N) is 1. The highest BCUT2D eigenvalue weighted by atomic mass is 32.2. The third-order valence-electron chi connectivity index (χ3n) is 3.80. The van der Waals surface area contributed by atoms with Crippen molar-refractivity contribution in [3.63, 3.8) is 0 Å². The number of rotatable bonds is 3. The fraction of sp³-hybridized carbons (Fsp3) is 0.846. The molecule has 0 saturated carbocycles. The smallest absolute Gasteiger partial charge is 0.305 e. The first-order chi connectivity index (χ1) is 8.89. The summed E-state index contributed by atoms with van der Waals surface area (Å²) in [5.41, 5.74) is 0.259. The summed E-state index contributed by atoms with van der Waals surface area (Å²) in [4.78, 5) is 25.0. The molecule has 2 unspecified atom stereocenters. The topological polar surface area (TPSA) is 69.6 Å². The van der Waals surface area contributed by atoms with E-state index in [9.17, 15) is 9.59 Å². The van der Waals surface area contributed by atoms with Gasteiger partial charge in [0, 0.05) is 24.9 Å². The van der Waals surface area contributed by atoms with Gasteiger partial charge in [-0.05, 0) is 17.6 Å². The Hall–Kier alpha value is -0.750. The first-order valence-corrected chi connectivity index (χ1v) is 7.87. The summed E-state index contributed by atoms with van der Waals surface area (Å²) in [5.74, 6) is 1.08. The molecule has 2 atom stereocenters. The zero-order valence-corrected chi connectivity index (χ0v) is 12.3. The number of thioether (sulfide) groups is 1. The molecule has 108 valence electrons. The molecule has 5 nitrogen and oxygen atoms in total. The minimum absolute atomic E-state index is 0.104. The fourth-order valence-electron chi connectivity index (χ4n) is 2.98. The van der Waals surface area contributed by atoms with E-state index in [0.717, 1.165) is 24.5 Å². The summed E-state index contributed by atoms with van der Waals surface area (Å²) in [6, 6.07) is -0.199. The number of hydrogen-bond acceptors (Lipinski definition) is 4. The van der Waals surface area contributed by atoms with Gasteiger partial charge in [-0.2, -0.15) is 11.8 Å². The van der Waals surface area contributed by atoms with E-state index in [0.29, 0.717) is 12.6 Å². The van der Waals surface area contributed by atoms with Crippen molar-refractivity contribution in [1.29, 1.82) is 0 Å². The maximum Gasteiger partial charge on any atom is 0.305 e. The molecule has 0 bridgehead atoms. The number of nitrogens with one attached hydrogen (secondary N) is 1. The first kappa shape index (κ1) is 14.7. The second kappa shape index (κ2) is 5.71. The van der Waals surface area contributed by atoms with E-state index in [1.54, 1.807) is 0 Å². The minimum atomic E-state index is -0.908. The van der Waals surface area contributed by atoms with Crippen molar-refractivity contribution in [1.82, 2.24) is 10.2 Å². The molecule has 0 aliphatic carbocycles. The molecule has 0 aromatic rings. The maximum absolute atomic E-state index is 11.9. The number of amides is 1. The molecule has 2 saturated heterocycles. The molecule has 2 aliphatic rings. The Labute approximate surface area is 118 Å². The molecule has 2 heterocycles. The molecule has 0 aromatic carbocycles. The highest BCUT2D eigenvalue weighted by molar-refractivity contribution is 7.99. The summed E-state index contributed by atoms with van der Waals surface area (Å²) in [5, 5.41) is 11.8. The van der Waals surface area contributed by atoms with E-state index in [4.69, 9.17) is 5.11 Å². The first-order valence-electron chi connectivity index (χ1n) is 6.72. The van der Waals surface area contributed by atoms with Crippen molar-refractivity contribution in [3.05, 3.63) is 0 Å². The molecule has 6 heteroatoms. The summed E-state index contributed by atoms with van der Waals surface area (Å²) >= 11 is 1.90. The van der Waals surface area contributed by atoms with Crippen molar-refractivity contribution >= 4 is 23.6 Å². The number of carboxylic acid groups (broad SMARTS) is 1. The lowest BCUT2D eigenvalue weighted by molar-refractivity contribution is -0.144. The largest absolute Gasteiger partial charge is 0.481 e. The van der Waals surface area contributed by atoms with E-state index in [-0.39, 0.29) is 17.7 Å². The van der Waals surface area contributed by atoms with Crippen LogP contribution in [0.5, 0.6) is 0 Å². The molecular weight excluding hydrogens is 264 g/mol. The molecule has 19 heavy (non-hydrogen) atoms. The van der Waals surface area contributed by atoms with Crippen LogP contribution < -0.4 is 5.32 Å². The second-order valence-electron chi connectivity index (χ2n) is 6.18. The molecule has 0 spiro atoms. The van der Waals surface area contributed by atoms with Crippen LogP contribution in [0.2, 0.25) is 0 Å². The van der Waals surface area contributed by atoms with Crippen molar-refractivity contribution < 1.29 is 14.7 Å². The third-order valence-corrected chi connectivity index (χ3v) is 5.41. The van der Waals surface area contributed by atoms with Crippen LogP contribution >= 0.6 is 11.8 Å². The minimum Gasteiger partial charge on any atom is -0.481 e. The van der Waals surface area contributed by atoms with Crippen molar-refractivity contribution in [3.8, 4) is 0 Å². The number of hydrogen-bond donors (Lipinski definition) is 2. The van der Waals surface area contributed by atoms with Gasteiger partial charge in [-0.1, -0.05) is 13.8 Å². The van der Waals surface area contributed by atoms with E-state index >= 15 is 0 Å². The molecule has 2 N–H and O–H groups in total. The average molecular weight is 286 g/mol. The van der Waals surface area contributed by atoms with E-state index in [2.05, 4.69) is 24.1 Å². The second-order valence-corrected chi connectivity index (χ2v) is 7.21. The van der Waals surface area contributed by atoms with Crippen LogP contribution in [-0.2, 0) is 9.59 Å². The van der Waals surface area contributed by atoms with Crippen LogP contribution in [0.1, 0.15) is 26.7 Å². The van der Waals surface area contributed by atoms with Gasteiger partial charge in [-0.15, -0.1) is 0 Å². The van der Waals surface area contributed by atoms with Gasteiger partial charge < -0.3 is 10.4 Å². The normalized spacial score (nSPS) is 31.8. The molecule has 2 aliphatic heterocycles. The van der Waals surface area contributed by atoms with Crippen molar-refractivity contribution in [2.24, 2.45) is 5.41 Å². The lowest BCUT2D eigenvalue weighted by atomic mass is 9.86. The van der Waals surface area contributed by atoms with E-state index in [1.807, 2.05) is 11.8 Å². The Bertz CT molecular complexity index is 373. The number of carboxylic acids is 1. The van der Waals surface area contributed by atoms with Crippen LogP contribution in [0.25, 0.3) is 0 Å². The Morgan fingerprint density at radius 3 is 2.95 bits per heavy atom. The van der Waals surface area contributed by atoms with Gasteiger partial charge in [0.2, 0.25) is 5.91 Å². The molecular formula is C13H22N2O3S. The van der Waals surface area contributed by atoms with Gasteiger partial charge >= 0.3 is 5.97 Å². The van der Waals surface area contributed by atoms with E-state index in [1.165, 1.54) is 0 Å². The number of piperazine rings is 1. The summed E-state index contributed by atoms with van der Waals surface area (Å²) in [6.07, 6.45) is 0.927.